The van der Waals surface area contributed by atoms with Crippen LogP contribution < -0.4 is 5.32 Å². The SMILES string of the molecule is CC(NCc1c(Cl)cccc1[N+](=O)[O-])c1ccccc1. The van der Waals surface area contributed by atoms with Crippen LogP contribution in [-0.2, 0) is 6.54 Å². The van der Waals surface area contributed by atoms with Crippen LogP contribution in [0.25, 0.3) is 0 Å². The number of nitro groups is 1. The van der Waals surface area contributed by atoms with Gasteiger partial charge >= 0.3 is 0 Å². The number of nitro benzene ring substituents is 1. The van der Waals surface area contributed by atoms with E-state index >= 15 is 0 Å². The molecule has 0 aliphatic rings. The van der Waals surface area contributed by atoms with Crippen molar-refractivity contribution in [3.05, 3.63) is 74.8 Å². The molecule has 20 heavy (non-hydrogen) atoms. The molecule has 0 bridgehead atoms. The first-order valence-electron chi connectivity index (χ1n) is 6.29. The van der Waals surface area contributed by atoms with Crippen LogP contribution in [0.3, 0.4) is 0 Å². The van der Waals surface area contributed by atoms with Crippen LogP contribution in [0.5, 0.6) is 0 Å². The normalized spacial score (nSPS) is 12.1. The van der Waals surface area contributed by atoms with Gasteiger partial charge in [0.1, 0.15) is 0 Å². The van der Waals surface area contributed by atoms with Gasteiger partial charge in [0.2, 0.25) is 0 Å². The van der Waals surface area contributed by atoms with Crippen LogP contribution in [0.15, 0.2) is 48.5 Å². The Bertz CT molecular complexity index is 602. The highest BCUT2D eigenvalue weighted by molar-refractivity contribution is 6.31. The molecule has 2 rings (SSSR count). The lowest BCUT2D eigenvalue weighted by Crippen LogP contribution is -2.19. The van der Waals surface area contributed by atoms with Gasteiger partial charge in [-0.25, -0.2) is 0 Å². The van der Waals surface area contributed by atoms with E-state index in [1.807, 2.05) is 37.3 Å². The number of nitrogens with one attached hydrogen (secondary N) is 1. The monoisotopic (exact) mass is 290 g/mol. The van der Waals surface area contributed by atoms with Crippen LogP contribution in [0, 0.1) is 10.1 Å². The van der Waals surface area contributed by atoms with Crippen molar-refractivity contribution in [1.29, 1.82) is 0 Å². The Labute approximate surface area is 122 Å². The summed E-state index contributed by atoms with van der Waals surface area (Å²) in [4.78, 5) is 10.6. The van der Waals surface area contributed by atoms with Crippen molar-refractivity contribution in [2.75, 3.05) is 0 Å². The molecule has 2 aromatic carbocycles. The van der Waals surface area contributed by atoms with Gasteiger partial charge in [-0.1, -0.05) is 48.0 Å². The molecule has 0 spiro atoms. The molecule has 1 N–H and O–H groups in total. The summed E-state index contributed by atoms with van der Waals surface area (Å²) >= 11 is 6.06. The second-order valence-electron chi connectivity index (χ2n) is 4.51. The van der Waals surface area contributed by atoms with E-state index in [1.165, 1.54) is 6.07 Å². The Kier molecular flexibility index (Phi) is 4.71. The predicted octanol–water partition coefficient (Wildman–Crippen LogP) is 4.10. The number of rotatable bonds is 5. The molecule has 0 saturated heterocycles. The molecular formula is C15H15ClN2O2. The number of nitrogens with zero attached hydrogens (tertiary/aromatic N) is 1. The fourth-order valence-corrected chi connectivity index (χ4v) is 2.24. The molecule has 104 valence electrons. The highest BCUT2D eigenvalue weighted by Gasteiger charge is 2.17. The first kappa shape index (κ1) is 14.5. The molecule has 0 aromatic heterocycles. The summed E-state index contributed by atoms with van der Waals surface area (Å²) in [5, 5.41) is 14.7. The summed E-state index contributed by atoms with van der Waals surface area (Å²) in [6.45, 7) is 2.37. The Hall–Kier alpha value is -1.91. The fraction of sp³-hybridized carbons (Fsp3) is 0.200. The Morgan fingerprint density at radius 1 is 1.20 bits per heavy atom. The molecule has 0 fully saturated rings. The maximum Gasteiger partial charge on any atom is 0.275 e. The maximum absolute atomic E-state index is 11.0. The van der Waals surface area contributed by atoms with E-state index in [0.717, 1.165) is 5.56 Å². The topological polar surface area (TPSA) is 55.2 Å². The van der Waals surface area contributed by atoms with Gasteiger partial charge in [-0.05, 0) is 18.6 Å². The van der Waals surface area contributed by atoms with Crippen LogP contribution >= 0.6 is 11.6 Å². The van der Waals surface area contributed by atoms with Gasteiger partial charge < -0.3 is 5.32 Å². The summed E-state index contributed by atoms with van der Waals surface area (Å²) < 4.78 is 0. The van der Waals surface area contributed by atoms with Gasteiger partial charge in [0, 0.05) is 18.7 Å². The summed E-state index contributed by atoms with van der Waals surface area (Å²) in [7, 11) is 0. The summed E-state index contributed by atoms with van der Waals surface area (Å²) in [6, 6.07) is 14.7. The number of hydrogen-bond donors (Lipinski definition) is 1. The quantitative estimate of drug-likeness (QED) is 0.666. The van der Waals surface area contributed by atoms with E-state index in [9.17, 15) is 10.1 Å². The van der Waals surface area contributed by atoms with Crippen molar-refractivity contribution in [3.8, 4) is 0 Å². The van der Waals surface area contributed by atoms with Crippen molar-refractivity contribution >= 4 is 17.3 Å². The van der Waals surface area contributed by atoms with Crippen LogP contribution in [0.4, 0.5) is 5.69 Å². The minimum absolute atomic E-state index is 0.0465. The molecule has 5 heteroatoms. The van der Waals surface area contributed by atoms with Crippen LogP contribution in [-0.4, -0.2) is 4.92 Å². The van der Waals surface area contributed by atoms with Crippen LogP contribution in [0.1, 0.15) is 24.1 Å². The van der Waals surface area contributed by atoms with E-state index < -0.39 is 4.92 Å². The average Bonchev–Trinajstić information content (AvgIpc) is 2.46. The van der Waals surface area contributed by atoms with Gasteiger partial charge in [-0.2, -0.15) is 0 Å². The largest absolute Gasteiger partial charge is 0.306 e. The third-order valence-corrected chi connectivity index (χ3v) is 3.53. The zero-order valence-electron chi connectivity index (χ0n) is 11.0. The Morgan fingerprint density at radius 2 is 1.90 bits per heavy atom. The molecule has 4 nitrogen and oxygen atoms in total. The predicted molar refractivity (Wildman–Crippen MR) is 79.8 cm³/mol. The Morgan fingerprint density at radius 3 is 2.55 bits per heavy atom. The maximum atomic E-state index is 11.0. The Balaban J connectivity index is 2.13. The molecule has 0 saturated carbocycles. The van der Waals surface area contributed by atoms with Gasteiger partial charge in [-0.15, -0.1) is 0 Å². The van der Waals surface area contributed by atoms with Crippen molar-refractivity contribution in [2.45, 2.75) is 19.5 Å². The first-order chi connectivity index (χ1) is 9.59. The van der Waals surface area contributed by atoms with Crippen molar-refractivity contribution in [2.24, 2.45) is 0 Å². The zero-order valence-corrected chi connectivity index (χ0v) is 11.8. The minimum atomic E-state index is -0.407. The third kappa shape index (κ3) is 3.35. The number of hydrogen-bond acceptors (Lipinski definition) is 3. The molecule has 0 aliphatic heterocycles. The molecule has 1 unspecified atom stereocenters. The molecular weight excluding hydrogens is 276 g/mol. The lowest BCUT2D eigenvalue weighted by molar-refractivity contribution is -0.385. The molecule has 1 atom stereocenters. The highest BCUT2D eigenvalue weighted by atomic mass is 35.5. The lowest BCUT2D eigenvalue weighted by Gasteiger charge is -2.15. The molecule has 0 aliphatic carbocycles. The van der Waals surface area contributed by atoms with Gasteiger partial charge in [0.05, 0.1) is 15.5 Å². The molecule has 0 heterocycles. The van der Waals surface area contributed by atoms with Gasteiger partial charge in [0.25, 0.3) is 5.69 Å². The van der Waals surface area contributed by atoms with Crippen LogP contribution in [0.2, 0.25) is 5.02 Å². The highest BCUT2D eigenvalue weighted by Crippen LogP contribution is 2.26. The van der Waals surface area contributed by atoms with Crippen molar-refractivity contribution < 1.29 is 4.92 Å². The van der Waals surface area contributed by atoms with E-state index in [2.05, 4.69) is 5.32 Å². The summed E-state index contributed by atoms with van der Waals surface area (Å²) in [6.07, 6.45) is 0. The lowest BCUT2D eigenvalue weighted by atomic mass is 10.1. The standard InChI is InChI=1S/C15H15ClN2O2/c1-11(12-6-3-2-4-7-12)17-10-13-14(16)8-5-9-15(13)18(19)20/h2-9,11,17H,10H2,1H3. The van der Waals surface area contributed by atoms with E-state index in [4.69, 9.17) is 11.6 Å². The smallest absolute Gasteiger partial charge is 0.275 e. The van der Waals surface area contributed by atoms with E-state index in [0.29, 0.717) is 17.1 Å². The summed E-state index contributed by atoms with van der Waals surface area (Å²) in [5.74, 6) is 0. The molecule has 2 aromatic rings. The van der Waals surface area contributed by atoms with Crippen molar-refractivity contribution in [1.82, 2.24) is 5.32 Å². The van der Waals surface area contributed by atoms with Gasteiger partial charge in [0.15, 0.2) is 0 Å². The van der Waals surface area contributed by atoms with E-state index in [1.54, 1.807) is 12.1 Å². The second kappa shape index (κ2) is 6.50. The van der Waals surface area contributed by atoms with Crippen molar-refractivity contribution in [3.63, 3.8) is 0 Å². The first-order valence-corrected chi connectivity index (χ1v) is 6.67. The molecule has 0 radical (unpaired) electrons. The fourth-order valence-electron chi connectivity index (χ4n) is 2.01. The number of benzene rings is 2. The third-order valence-electron chi connectivity index (χ3n) is 3.18. The molecule has 0 amide bonds. The van der Waals surface area contributed by atoms with Gasteiger partial charge in [-0.3, -0.25) is 10.1 Å². The second-order valence-corrected chi connectivity index (χ2v) is 4.92. The summed E-state index contributed by atoms with van der Waals surface area (Å²) in [5.41, 5.74) is 1.69. The minimum Gasteiger partial charge on any atom is -0.306 e. The number of halogens is 1. The zero-order chi connectivity index (χ0) is 14.5. The average molecular weight is 291 g/mol. The van der Waals surface area contributed by atoms with E-state index in [-0.39, 0.29) is 11.7 Å².